The lowest BCUT2D eigenvalue weighted by Crippen LogP contribution is -2.33. The van der Waals surface area contributed by atoms with Crippen molar-refractivity contribution in [2.45, 2.75) is 5.54 Å². The number of fused-ring (bicyclic) bond motifs is 2. The smallest absolute Gasteiger partial charge is 0.260 e. The van der Waals surface area contributed by atoms with E-state index in [1.807, 2.05) is 24.3 Å². The van der Waals surface area contributed by atoms with Gasteiger partial charge in [0.15, 0.2) is 6.40 Å². The van der Waals surface area contributed by atoms with Gasteiger partial charge in [-0.15, -0.1) is 0 Å². The van der Waals surface area contributed by atoms with Crippen LogP contribution in [0.2, 0.25) is 0 Å². The average Bonchev–Trinajstić information content (AvgIpc) is 2.77. The summed E-state index contributed by atoms with van der Waals surface area (Å²) >= 11 is 0. The summed E-state index contributed by atoms with van der Waals surface area (Å²) < 4.78 is 5.06. The predicted molar refractivity (Wildman–Crippen MR) is 51.2 cm³/mol. The maximum absolute atomic E-state index is 11.8. The molecule has 1 atom stereocenters. The van der Waals surface area contributed by atoms with E-state index in [9.17, 15) is 4.79 Å². The van der Waals surface area contributed by atoms with Crippen LogP contribution < -0.4 is 5.32 Å². The lowest BCUT2D eigenvalue weighted by Gasteiger charge is -2.14. The molecule has 1 aromatic rings. The summed E-state index contributed by atoms with van der Waals surface area (Å²) in [7, 11) is 0. The number of hydrogen-bond donors (Lipinski definition) is 1. The number of ether oxygens (including phenoxy) is 1. The third kappa shape index (κ3) is 0.731. The third-order valence-corrected chi connectivity index (χ3v) is 2.64. The Bertz CT molecular complexity index is 442. The zero-order chi connectivity index (χ0) is 9.60. The molecule has 0 saturated carbocycles. The summed E-state index contributed by atoms with van der Waals surface area (Å²) in [5.41, 5.74) is 0.912. The predicted octanol–water partition coefficient (Wildman–Crippen LogP) is 0.892. The van der Waals surface area contributed by atoms with Gasteiger partial charge in [-0.25, -0.2) is 4.99 Å². The quantitative estimate of drug-likeness (QED) is 0.657. The fourth-order valence-corrected chi connectivity index (χ4v) is 1.89. The van der Waals surface area contributed by atoms with E-state index in [0.717, 1.165) is 11.3 Å². The first-order chi connectivity index (χ1) is 6.83. The van der Waals surface area contributed by atoms with Crippen molar-refractivity contribution in [3.63, 3.8) is 0 Å². The molecule has 1 N–H and O–H groups in total. The van der Waals surface area contributed by atoms with Crippen LogP contribution in [0.25, 0.3) is 0 Å². The minimum absolute atomic E-state index is 0.104. The Kier molecular flexibility index (Phi) is 1.27. The van der Waals surface area contributed by atoms with Gasteiger partial charge in [-0.1, -0.05) is 18.2 Å². The Balaban J connectivity index is 2.24. The monoisotopic (exact) mass is 188 g/mol. The van der Waals surface area contributed by atoms with E-state index >= 15 is 0 Å². The molecule has 70 valence electrons. The van der Waals surface area contributed by atoms with Crippen LogP contribution in [0.15, 0.2) is 29.3 Å². The number of para-hydroxylation sites is 1. The SMILES string of the molecule is O=C1Nc2ccccc2C12COC=N2. The summed E-state index contributed by atoms with van der Waals surface area (Å²) in [6.45, 7) is 0.301. The number of nitrogens with one attached hydrogen (secondary N) is 1. The number of nitrogens with zero attached hydrogens (tertiary/aromatic N) is 1. The zero-order valence-corrected chi connectivity index (χ0v) is 7.36. The number of anilines is 1. The number of carbonyl (C=O) groups excluding carboxylic acids is 1. The Morgan fingerprint density at radius 1 is 1.43 bits per heavy atom. The van der Waals surface area contributed by atoms with Crippen molar-refractivity contribution in [1.82, 2.24) is 0 Å². The van der Waals surface area contributed by atoms with Gasteiger partial charge in [0.05, 0.1) is 0 Å². The van der Waals surface area contributed by atoms with Gasteiger partial charge in [0, 0.05) is 11.3 Å². The highest BCUT2D eigenvalue weighted by molar-refractivity contribution is 6.07. The van der Waals surface area contributed by atoms with Crippen molar-refractivity contribution in [2.75, 3.05) is 11.9 Å². The Labute approximate surface area is 80.6 Å². The summed E-state index contributed by atoms with van der Waals surface area (Å²) in [4.78, 5) is 15.9. The molecule has 2 heterocycles. The van der Waals surface area contributed by atoms with Crippen LogP contribution in [-0.2, 0) is 15.1 Å². The van der Waals surface area contributed by atoms with Gasteiger partial charge in [-0.2, -0.15) is 0 Å². The molecule has 0 aromatic heterocycles. The highest BCUT2D eigenvalue weighted by atomic mass is 16.5. The van der Waals surface area contributed by atoms with E-state index in [2.05, 4.69) is 10.3 Å². The van der Waals surface area contributed by atoms with Crippen molar-refractivity contribution < 1.29 is 9.53 Å². The molecule has 0 aliphatic carbocycles. The van der Waals surface area contributed by atoms with E-state index < -0.39 is 5.54 Å². The molecule has 3 rings (SSSR count). The number of benzene rings is 1. The first kappa shape index (κ1) is 7.55. The van der Waals surface area contributed by atoms with Crippen molar-refractivity contribution in [2.24, 2.45) is 4.99 Å². The van der Waals surface area contributed by atoms with E-state index in [0.29, 0.717) is 6.61 Å². The second-order valence-corrected chi connectivity index (χ2v) is 3.41. The summed E-state index contributed by atoms with van der Waals surface area (Å²) in [6, 6.07) is 7.56. The molecule has 1 amide bonds. The lowest BCUT2D eigenvalue weighted by atomic mass is 9.94. The van der Waals surface area contributed by atoms with Crippen LogP contribution in [0.1, 0.15) is 5.56 Å². The summed E-state index contributed by atoms with van der Waals surface area (Å²) in [6.07, 6.45) is 1.35. The first-order valence-electron chi connectivity index (χ1n) is 4.39. The Hall–Kier alpha value is -1.84. The molecular formula is C10H8N2O2. The number of rotatable bonds is 0. The third-order valence-electron chi connectivity index (χ3n) is 2.64. The van der Waals surface area contributed by atoms with Crippen molar-refractivity contribution >= 4 is 18.0 Å². The molecule has 4 heteroatoms. The van der Waals surface area contributed by atoms with E-state index in [-0.39, 0.29) is 5.91 Å². The van der Waals surface area contributed by atoms with Crippen LogP contribution in [0.4, 0.5) is 5.69 Å². The summed E-state index contributed by atoms with van der Waals surface area (Å²) in [5, 5.41) is 2.80. The van der Waals surface area contributed by atoms with Gasteiger partial charge < -0.3 is 10.1 Å². The normalized spacial score (nSPS) is 27.6. The minimum Gasteiger partial charge on any atom is -0.480 e. The highest BCUT2D eigenvalue weighted by Crippen LogP contribution is 2.40. The lowest BCUT2D eigenvalue weighted by molar-refractivity contribution is -0.121. The second kappa shape index (κ2) is 2.35. The molecule has 0 radical (unpaired) electrons. The molecule has 1 spiro atoms. The van der Waals surface area contributed by atoms with Gasteiger partial charge in [0.1, 0.15) is 6.61 Å². The number of carbonyl (C=O) groups is 1. The van der Waals surface area contributed by atoms with Crippen molar-refractivity contribution in [3.05, 3.63) is 29.8 Å². The molecule has 2 aliphatic heterocycles. The molecule has 1 aromatic carbocycles. The molecule has 0 saturated heterocycles. The van der Waals surface area contributed by atoms with Gasteiger partial charge in [-0.3, -0.25) is 4.79 Å². The van der Waals surface area contributed by atoms with Crippen LogP contribution in [-0.4, -0.2) is 18.9 Å². The minimum atomic E-state index is -0.823. The largest absolute Gasteiger partial charge is 0.480 e. The number of amides is 1. The van der Waals surface area contributed by atoms with Gasteiger partial charge >= 0.3 is 0 Å². The van der Waals surface area contributed by atoms with Gasteiger partial charge in [0.25, 0.3) is 5.91 Å². The van der Waals surface area contributed by atoms with Crippen LogP contribution in [0, 0.1) is 0 Å². The Morgan fingerprint density at radius 2 is 2.29 bits per heavy atom. The van der Waals surface area contributed by atoms with E-state index in [4.69, 9.17) is 4.74 Å². The van der Waals surface area contributed by atoms with Gasteiger partial charge in [-0.05, 0) is 6.07 Å². The first-order valence-corrected chi connectivity index (χ1v) is 4.39. The van der Waals surface area contributed by atoms with Crippen molar-refractivity contribution in [3.8, 4) is 0 Å². The van der Waals surface area contributed by atoms with Gasteiger partial charge in [0.2, 0.25) is 5.54 Å². The number of hydrogen-bond acceptors (Lipinski definition) is 3. The van der Waals surface area contributed by atoms with Crippen LogP contribution >= 0.6 is 0 Å². The summed E-state index contributed by atoms with van der Waals surface area (Å²) in [5.74, 6) is -0.104. The zero-order valence-electron chi connectivity index (χ0n) is 7.36. The molecule has 14 heavy (non-hydrogen) atoms. The van der Waals surface area contributed by atoms with E-state index in [1.54, 1.807) is 0 Å². The molecule has 1 unspecified atom stereocenters. The fourth-order valence-electron chi connectivity index (χ4n) is 1.89. The molecule has 0 fully saturated rings. The average molecular weight is 188 g/mol. The number of aliphatic imine (C=N–C) groups is 1. The Morgan fingerprint density at radius 3 is 3.07 bits per heavy atom. The highest BCUT2D eigenvalue weighted by Gasteiger charge is 2.49. The molecule has 4 nitrogen and oxygen atoms in total. The second-order valence-electron chi connectivity index (χ2n) is 3.41. The molecule has 0 bridgehead atoms. The fraction of sp³-hybridized carbons (Fsp3) is 0.200. The van der Waals surface area contributed by atoms with Crippen molar-refractivity contribution in [1.29, 1.82) is 0 Å². The molecular weight excluding hydrogens is 180 g/mol. The topological polar surface area (TPSA) is 50.7 Å². The van der Waals surface area contributed by atoms with Crippen LogP contribution in [0.5, 0.6) is 0 Å². The van der Waals surface area contributed by atoms with Crippen LogP contribution in [0.3, 0.4) is 0 Å². The maximum Gasteiger partial charge on any atom is 0.260 e. The van der Waals surface area contributed by atoms with E-state index in [1.165, 1.54) is 6.40 Å². The standard InChI is InChI=1S/C10H8N2O2/c13-9-10(5-14-6-11-10)7-3-1-2-4-8(7)12-9/h1-4,6H,5H2,(H,12,13). The maximum atomic E-state index is 11.8. The molecule has 2 aliphatic rings.